The van der Waals surface area contributed by atoms with Crippen molar-refractivity contribution in [2.45, 2.75) is 39.8 Å². The number of benzene rings is 4. The molecule has 1 aliphatic heterocycles. The fraction of sp³-hybridized carbons (Fsp3) is 0.295. The van der Waals surface area contributed by atoms with E-state index in [0.29, 0.717) is 63.8 Å². The quantitative estimate of drug-likeness (QED) is 0.0144. The Bertz CT molecular complexity index is 3760. The molecule has 8 aromatic rings. The van der Waals surface area contributed by atoms with Gasteiger partial charge in [0.15, 0.2) is 64.4 Å². The van der Waals surface area contributed by atoms with Gasteiger partial charge in [-0.2, -0.15) is 19.9 Å². The molecule has 0 bridgehead atoms. The van der Waals surface area contributed by atoms with Gasteiger partial charge in [0, 0.05) is 47.7 Å². The maximum atomic E-state index is 12.3. The van der Waals surface area contributed by atoms with E-state index in [2.05, 4.69) is 94.5 Å². The molecular formula is C61H70BBrCl4Cs2N12NaO14. The molecule has 3 radical (unpaired) electrons. The Balaban J connectivity index is -0.00000114. The number of nitrogens with zero attached hydrogens (tertiary/aromatic N) is 9. The summed E-state index contributed by atoms with van der Waals surface area (Å²) in [6.07, 6.45) is 4.97. The van der Waals surface area contributed by atoms with Gasteiger partial charge in [0.2, 0.25) is 21.1 Å². The van der Waals surface area contributed by atoms with Gasteiger partial charge >= 0.3 is 167 Å². The average molecular weight is 1720 g/mol. The molecule has 4 aromatic heterocycles. The number of carbonyl (C=O) groups is 3. The number of anilines is 4. The summed E-state index contributed by atoms with van der Waals surface area (Å²) in [6, 6.07) is 22.3. The van der Waals surface area contributed by atoms with Crippen molar-refractivity contribution in [3.05, 3.63) is 163 Å². The third-order valence-corrected chi connectivity index (χ3v) is 14.1. The predicted octanol–water partition coefficient (Wildman–Crippen LogP) is 1.12. The van der Waals surface area contributed by atoms with Crippen LogP contribution in [0.1, 0.15) is 69.1 Å². The molecule has 0 spiro atoms. The molecular weight excluding hydrogens is 1650 g/mol. The summed E-state index contributed by atoms with van der Waals surface area (Å²) >= 11 is 25.9. The van der Waals surface area contributed by atoms with Crippen LogP contribution < -0.4 is 227 Å². The molecule has 5 N–H and O–H groups in total. The first kappa shape index (κ1) is 92.3. The summed E-state index contributed by atoms with van der Waals surface area (Å²) in [5.74, 6) is 6.43. The van der Waals surface area contributed by atoms with E-state index in [1.165, 1.54) is 24.2 Å². The summed E-state index contributed by atoms with van der Waals surface area (Å²) in [5, 5.41) is 37.0. The van der Waals surface area contributed by atoms with E-state index >= 15 is 0 Å². The molecule has 0 aliphatic carbocycles. The van der Waals surface area contributed by atoms with Crippen molar-refractivity contribution in [3.63, 3.8) is 0 Å². The number of methoxy groups -OCH3 is 4. The number of ketones is 2. The summed E-state index contributed by atoms with van der Waals surface area (Å²) < 4.78 is 37.4. The molecule has 1 aliphatic rings. The Morgan fingerprint density at radius 2 is 1.08 bits per heavy atom. The van der Waals surface area contributed by atoms with Gasteiger partial charge in [-0.15, -0.1) is 0 Å². The number of halogens is 5. The zero-order valence-corrected chi connectivity index (χ0v) is 74.8. The van der Waals surface area contributed by atoms with Crippen molar-refractivity contribution >= 4 is 112 Å². The number of hydrogen-bond donors (Lipinski definition) is 5. The number of fused-ring (bicyclic) bond motifs is 1. The first-order chi connectivity index (χ1) is 44.0. The van der Waals surface area contributed by atoms with Crippen LogP contribution in [0, 0.1) is 27.7 Å². The van der Waals surface area contributed by atoms with Gasteiger partial charge in [-0.25, -0.2) is 19.9 Å². The van der Waals surface area contributed by atoms with Crippen LogP contribution in [-0.2, 0) is 9.68 Å². The van der Waals surface area contributed by atoms with Gasteiger partial charge in [-0.05, 0) is 168 Å². The Morgan fingerprint density at radius 1 is 0.667 bits per heavy atom. The van der Waals surface area contributed by atoms with Crippen molar-refractivity contribution in [3.8, 4) is 46.0 Å². The monoisotopic (exact) mass is 1710 g/mol. The molecule has 9 rings (SSSR count). The normalized spacial score (nSPS) is 11.3. The SMILES string of the molecule is CNc1nc(Cl)ncc1O.CNc1nc(Cl)ncc1OCC(=O)c1ccc(OC)cc1C.CNc1nc(Cl)ncc1OCC(O)c1ccc(OC)cc1C.COc1ccc(C(=O)CBr)c(C)c1.COc1ccc(C2COc3cnc(Cl)nc3N2C)c(C)c1.O=CO[O-].[B].[Cs+].[Cs+].[H-].[H-].[Na+]. The van der Waals surface area contributed by atoms with Crippen molar-refractivity contribution in [1.29, 1.82) is 0 Å². The van der Waals surface area contributed by atoms with E-state index in [4.69, 9.17) is 94.7 Å². The van der Waals surface area contributed by atoms with Crippen LogP contribution >= 0.6 is 62.3 Å². The Hall–Kier alpha value is -3.66. The second kappa shape index (κ2) is 49.0. The second-order valence-corrected chi connectivity index (χ2v) is 20.6. The first-order valence-corrected chi connectivity index (χ1v) is 29.7. The van der Waals surface area contributed by atoms with E-state index in [1.807, 2.05) is 58.2 Å². The summed E-state index contributed by atoms with van der Waals surface area (Å²) in [7, 11) is 13.5. The number of Topliss-reactive ketones (excluding diaryl/α,β-unsaturated/α-hetero) is 2. The fourth-order valence-electron chi connectivity index (χ4n) is 8.23. The zero-order valence-electron chi connectivity index (χ0n) is 57.6. The minimum Gasteiger partial charge on any atom is -1.00 e. The van der Waals surface area contributed by atoms with Crippen molar-refractivity contribution in [2.24, 2.45) is 0 Å². The molecule has 0 fully saturated rings. The van der Waals surface area contributed by atoms with Gasteiger partial charge < -0.3 is 77.2 Å². The number of aromatic nitrogens is 8. The van der Waals surface area contributed by atoms with Gasteiger partial charge in [0.25, 0.3) is 6.47 Å². The van der Waals surface area contributed by atoms with Crippen LogP contribution in [0.15, 0.2) is 97.6 Å². The van der Waals surface area contributed by atoms with Crippen LogP contribution in [-0.4, -0.2) is 158 Å². The molecule has 0 saturated heterocycles. The molecule has 26 nitrogen and oxygen atoms in total. The molecule has 0 amide bonds. The van der Waals surface area contributed by atoms with Crippen LogP contribution in [0.4, 0.5) is 23.3 Å². The van der Waals surface area contributed by atoms with E-state index in [-0.39, 0.29) is 243 Å². The van der Waals surface area contributed by atoms with Gasteiger partial charge in [0.1, 0.15) is 42.3 Å². The number of aromatic hydroxyl groups is 1. The summed E-state index contributed by atoms with van der Waals surface area (Å²) in [5.41, 5.74) is 7.15. The minimum absolute atomic E-state index is 0. The predicted molar refractivity (Wildman–Crippen MR) is 360 cm³/mol. The number of alkyl halides is 1. The summed E-state index contributed by atoms with van der Waals surface area (Å²) in [6.45, 7) is 8.04. The van der Waals surface area contributed by atoms with E-state index in [0.717, 1.165) is 50.6 Å². The standard InChI is InChI=1S/C15H18ClN3O3.C15H16ClN3O3.C15H16ClN3O2.C10H11BrO2.C5H6ClN3O.CH2O3.B.2Cs.Na.2H/c2*1-9-6-10(21-3)4-5-11(9)12(20)8-22-13-7-18-15(16)19-14(13)17-2;1-9-6-10(20-3)4-5-11(9)12-8-21-13-7-17-15(16)18-14(13)19(12)2;1-7-5-8(13-2)3-4-9(7)10(12)6-11;1-7-4-3(10)2-8-5(6)9-4;2-1-4-3;;;;;;/h4-7,12,20H,8H2,1-3H3,(H,17,18,19);4-7H,8H2,1-3H3,(H,17,18,19);4-7,12H,8H2,1-3H3;3-5H,6H2,1-2H3;2,10H,1H3,(H,7,8,9);1,3H;;;;;;/q;;;;;;;3*+1;2*-1/p-1. The van der Waals surface area contributed by atoms with Crippen LogP contribution in [0.3, 0.4) is 0 Å². The molecule has 499 valence electrons. The fourth-order valence-corrected chi connectivity index (χ4v) is 9.06. The Kier molecular flexibility index (Phi) is 47.1. The Morgan fingerprint density at radius 3 is 1.52 bits per heavy atom. The molecule has 0 saturated carbocycles. The smallest absolute Gasteiger partial charge is 1.00 e. The van der Waals surface area contributed by atoms with Gasteiger partial charge in [-0.1, -0.05) is 28.1 Å². The first-order valence-electron chi connectivity index (χ1n) is 27.1. The maximum absolute atomic E-state index is 12.3. The number of carbonyl (C=O) groups excluding carboxylic acids is 3. The number of aliphatic hydroxyl groups is 1. The number of hydrogen-bond acceptors (Lipinski definition) is 26. The third kappa shape index (κ3) is 29.5. The van der Waals surface area contributed by atoms with Gasteiger partial charge in [-0.3, -0.25) is 14.4 Å². The number of likely N-dealkylation sites (N-methyl/N-ethyl adjacent to an activating group) is 1. The van der Waals surface area contributed by atoms with Crippen molar-refractivity contribution in [1.82, 2.24) is 39.9 Å². The third-order valence-electron chi connectivity index (χ3n) is 12.9. The van der Waals surface area contributed by atoms with Crippen LogP contribution in [0.2, 0.25) is 21.1 Å². The van der Waals surface area contributed by atoms with Crippen molar-refractivity contribution < 1.29 is 238 Å². The Labute approximate surface area is 730 Å². The number of rotatable bonds is 19. The topological polar surface area (TPSA) is 331 Å². The average Bonchev–Trinajstić information content (AvgIpc) is 0.785. The number of aliphatic hydroxyl groups excluding tert-OH is 1. The molecule has 4 aromatic carbocycles. The van der Waals surface area contributed by atoms with E-state index in [1.54, 1.807) is 92.2 Å². The van der Waals surface area contributed by atoms with E-state index < -0.39 is 6.10 Å². The molecule has 2 unspecified atom stereocenters. The number of aryl methyl sites for hydroxylation is 4. The molecule has 5 heterocycles. The number of nitrogens with one attached hydrogen (secondary N) is 3. The largest absolute Gasteiger partial charge is 1.00 e. The van der Waals surface area contributed by atoms with Crippen LogP contribution in [0.5, 0.6) is 46.0 Å². The molecule has 2 atom stereocenters. The van der Waals surface area contributed by atoms with Gasteiger partial charge in [0.05, 0.1) is 64.6 Å². The van der Waals surface area contributed by atoms with E-state index in [9.17, 15) is 14.7 Å². The second-order valence-electron chi connectivity index (χ2n) is 18.7. The zero-order chi connectivity index (χ0) is 68.0. The van der Waals surface area contributed by atoms with Crippen molar-refractivity contribution in [2.75, 3.05) is 103 Å². The molecule has 96 heavy (non-hydrogen) atoms. The minimum atomic E-state index is -0.772. The summed E-state index contributed by atoms with van der Waals surface area (Å²) in [4.78, 5) is 68.1. The number of ether oxygens (including phenoxy) is 7. The van der Waals surface area contributed by atoms with Crippen LogP contribution in [0.25, 0.3) is 0 Å². The maximum Gasteiger partial charge on any atom is 1.00 e. The molecule has 35 heteroatoms.